The van der Waals surface area contributed by atoms with Gasteiger partial charge in [0, 0.05) is 44.8 Å². The lowest BCUT2D eigenvalue weighted by molar-refractivity contribution is 0.853. The SMILES string of the molecule is CN(CCc1ccncc1)c1cc(N(C)c2ccccc2)ncn1. The van der Waals surface area contributed by atoms with Crippen LogP contribution in [0.1, 0.15) is 5.56 Å². The largest absolute Gasteiger partial charge is 0.359 e. The van der Waals surface area contributed by atoms with Crippen molar-refractivity contribution in [2.45, 2.75) is 6.42 Å². The fourth-order valence-corrected chi connectivity index (χ4v) is 2.47. The Morgan fingerprint density at radius 2 is 1.58 bits per heavy atom. The maximum absolute atomic E-state index is 4.40. The Balaban J connectivity index is 1.70. The summed E-state index contributed by atoms with van der Waals surface area (Å²) < 4.78 is 0. The Hall–Kier alpha value is -2.95. The molecule has 0 aliphatic carbocycles. The van der Waals surface area contributed by atoms with Gasteiger partial charge in [-0.2, -0.15) is 0 Å². The molecule has 0 unspecified atom stereocenters. The summed E-state index contributed by atoms with van der Waals surface area (Å²) in [6, 6.07) is 16.3. The van der Waals surface area contributed by atoms with Crippen LogP contribution in [-0.2, 0) is 6.42 Å². The highest BCUT2D eigenvalue weighted by molar-refractivity contribution is 5.61. The Morgan fingerprint density at radius 3 is 2.33 bits per heavy atom. The van der Waals surface area contributed by atoms with E-state index in [0.29, 0.717) is 0 Å². The number of nitrogens with zero attached hydrogens (tertiary/aromatic N) is 5. The first-order valence-corrected chi connectivity index (χ1v) is 7.95. The normalized spacial score (nSPS) is 10.4. The Kier molecular flexibility index (Phi) is 5.01. The first-order valence-electron chi connectivity index (χ1n) is 7.95. The van der Waals surface area contributed by atoms with Gasteiger partial charge in [-0.25, -0.2) is 9.97 Å². The second-order valence-corrected chi connectivity index (χ2v) is 5.66. The molecule has 0 bridgehead atoms. The van der Waals surface area contributed by atoms with Gasteiger partial charge in [0.05, 0.1) is 0 Å². The third kappa shape index (κ3) is 3.87. The summed E-state index contributed by atoms with van der Waals surface area (Å²) >= 11 is 0. The van der Waals surface area contributed by atoms with Crippen LogP contribution in [0.4, 0.5) is 17.3 Å². The third-order valence-corrected chi connectivity index (χ3v) is 4.00. The predicted molar refractivity (Wildman–Crippen MR) is 97.7 cm³/mol. The number of anilines is 3. The van der Waals surface area contributed by atoms with Crippen molar-refractivity contribution in [1.82, 2.24) is 15.0 Å². The number of hydrogen-bond donors (Lipinski definition) is 0. The van der Waals surface area contributed by atoms with Gasteiger partial charge < -0.3 is 9.80 Å². The molecule has 5 nitrogen and oxygen atoms in total. The average Bonchev–Trinajstić information content (AvgIpc) is 2.67. The number of para-hydroxylation sites is 1. The Morgan fingerprint density at radius 1 is 0.875 bits per heavy atom. The summed E-state index contributed by atoms with van der Waals surface area (Å²) in [5.41, 5.74) is 2.37. The molecular formula is C19H21N5. The van der Waals surface area contributed by atoms with E-state index in [1.54, 1.807) is 6.33 Å². The second-order valence-electron chi connectivity index (χ2n) is 5.66. The van der Waals surface area contributed by atoms with E-state index in [2.05, 4.69) is 43.9 Å². The molecule has 2 heterocycles. The highest BCUT2D eigenvalue weighted by atomic mass is 15.2. The van der Waals surface area contributed by atoms with E-state index in [9.17, 15) is 0 Å². The zero-order valence-corrected chi connectivity index (χ0v) is 14.0. The van der Waals surface area contributed by atoms with Crippen LogP contribution in [0.3, 0.4) is 0 Å². The summed E-state index contributed by atoms with van der Waals surface area (Å²) in [5, 5.41) is 0. The Labute approximate surface area is 142 Å². The smallest absolute Gasteiger partial charge is 0.138 e. The summed E-state index contributed by atoms with van der Waals surface area (Å²) in [6.07, 6.45) is 6.22. The number of likely N-dealkylation sites (N-methyl/N-ethyl adjacent to an activating group) is 1. The monoisotopic (exact) mass is 319 g/mol. The summed E-state index contributed by atoms with van der Waals surface area (Å²) in [6.45, 7) is 0.884. The van der Waals surface area contributed by atoms with Crippen LogP contribution in [0.15, 0.2) is 67.3 Å². The molecule has 3 aromatic rings. The van der Waals surface area contributed by atoms with Crippen LogP contribution in [-0.4, -0.2) is 35.6 Å². The van der Waals surface area contributed by atoms with Gasteiger partial charge in [-0.05, 0) is 36.2 Å². The van der Waals surface area contributed by atoms with Crippen molar-refractivity contribution in [3.8, 4) is 0 Å². The number of hydrogen-bond acceptors (Lipinski definition) is 5. The van der Waals surface area contributed by atoms with Gasteiger partial charge in [0.2, 0.25) is 0 Å². The molecule has 0 radical (unpaired) electrons. The standard InChI is InChI=1S/C19H21N5/c1-23(13-10-16-8-11-20-12-9-16)18-14-19(22-15-21-18)24(2)17-6-4-3-5-7-17/h3-9,11-12,14-15H,10,13H2,1-2H3. The van der Waals surface area contributed by atoms with E-state index >= 15 is 0 Å². The highest BCUT2D eigenvalue weighted by Crippen LogP contribution is 2.23. The van der Waals surface area contributed by atoms with Crippen molar-refractivity contribution in [1.29, 1.82) is 0 Å². The molecule has 2 aromatic heterocycles. The van der Waals surface area contributed by atoms with Gasteiger partial charge in [0.25, 0.3) is 0 Å². The van der Waals surface area contributed by atoms with E-state index in [-0.39, 0.29) is 0 Å². The summed E-state index contributed by atoms with van der Waals surface area (Å²) in [7, 11) is 4.06. The van der Waals surface area contributed by atoms with Gasteiger partial charge in [0.1, 0.15) is 18.0 Å². The van der Waals surface area contributed by atoms with Crippen molar-refractivity contribution in [3.05, 3.63) is 72.8 Å². The van der Waals surface area contributed by atoms with Crippen molar-refractivity contribution in [3.63, 3.8) is 0 Å². The van der Waals surface area contributed by atoms with Gasteiger partial charge in [-0.1, -0.05) is 18.2 Å². The van der Waals surface area contributed by atoms with Gasteiger partial charge in [0.15, 0.2) is 0 Å². The van der Waals surface area contributed by atoms with E-state index in [1.165, 1.54) is 5.56 Å². The predicted octanol–water partition coefficient (Wildman–Crippen LogP) is 3.32. The number of benzene rings is 1. The molecule has 122 valence electrons. The first kappa shape index (κ1) is 15.9. The lowest BCUT2D eigenvalue weighted by Gasteiger charge is -2.22. The summed E-state index contributed by atoms with van der Waals surface area (Å²) in [4.78, 5) is 17.1. The third-order valence-electron chi connectivity index (χ3n) is 4.00. The van der Waals surface area contributed by atoms with Crippen LogP contribution in [0.2, 0.25) is 0 Å². The van der Waals surface area contributed by atoms with Crippen molar-refractivity contribution in [2.75, 3.05) is 30.4 Å². The topological polar surface area (TPSA) is 45.2 Å². The number of rotatable bonds is 6. The molecule has 0 atom stereocenters. The maximum atomic E-state index is 4.40. The maximum Gasteiger partial charge on any atom is 0.138 e. The molecule has 0 fully saturated rings. The van der Waals surface area contributed by atoms with Gasteiger partial charge in [-0.15, -0.1) is 0 Å². The fourth-order valence-electron chi connectivity index (χ4n) is 2.47. The molecule has 0 amide bonds. The first-order chi connectivity index (χ1) is 11.7. The van der Waals surface area contributed by atoms with Crippen molar-refractivity contribution < 1.29 is 0 Å². The van der Waals surface area contributed by atoms with E-state index < -0.39 is 0 Å². The highest BCUT2D eigenvalue weighted by Gasteiger charge is 2.09. The van der Waals surface area contributed by atoms with Crippen LogP contribution in [0.5, 0.6) is 0 Å². The van der Waals surface area contributed by atoms with Crippen LogP contribution >= 0.6 is 0 Å². The molecule has 0 aliphatic rings. The molecule has 24 heavy (non-hydrogen) atoms. The number of pyridine rings is 1. The van der Waals surface area contributed by atoms with E-state index in [0.717, 1.165) is 30.3 Å². The van der Waals surface area contributed by atoms with Crippen LogP contribution in [0, 0.1) is 0 Å². The van der Waals surface area contributed by atoms with Crippen molar-refractivity contribution >= 4 is 17.3 Å². The minimum Gasteiger partial charge on any atom is -0.359 e. The van der Waals surface area contributed by atoms with Crippen LogP contribution in [0.25, 0.3) is 0 Å². The fraction of sp³-hybridized carbons (Fsp3) is 0.211. The van der Waals surface area contributed by atoms with Gasteiger partial charge >= 0.3 is 0 Å². The molecule has 0 aliphatic heterocycles. The molecule has 0 saturated carbocycles. The minimum atomic E-state index is 0.877. The molecule has 3 rings (SSSR count). The average molecular weight is 319 g/mol. The zero-order valence-electron chi connectivity index (χ0n) is 14.0. The summed E-state index contributed by atoms with van der Waals surface area (Å²) in [5.74, 6) is 1.79. The molecular weight excluding hydrogens is 298 g/mol. The lowest BCUT2D eigenvalue weighted by Crippen LogP contribution is -2.22. The number of aromatic nitrogens is 3. The molecule has 0 spiro atoms. The van der Waals surface area contributed by atoms with Gasteiger partial charge in [-0.3, -0.25) is 4.98 Å². The van der Waals surface area contributed by atoms with E-state index in [4.69, 9.17) is 0 Å². The van der Waals surface area contributed by atoms with Crippen LogP contribution < -0.4 is 9.80 Å². The molecule has 0 N–H and O–H groups in total. The quantitative estimate of drug-likeness (QED) is 0.697. The molecule has 5 heteroatoms. The van der Waals surface area contributed by atoms with Crippen molar-refractivity contribution in [2.24, 2.45) is 0 Å². The lowest BCUT2D eigenvalue weighted by atomic mass is 10.2. The second kappa shape index (κ2) is 7.55. The Bertz CT molecular complexity index is 761. The zero-order chi connectivity index (χ0) is 16.8. The molecule has 1 aromatic carbocycles. The molecule has 0 saturated heterocycles. The minimum absolute atomic E-state index is 0.877. The van der Waals surface area contributed by atoms with E-state index in [1.807, 2.05) is 55.8 Å².